The SMILES string of the molecule is c1ccc(CCOCc2ccccc2CNC2CC2)nc1. The minimum atomic E-state index is 0.676. The molecule has 0 saturated heterocycles. The van der Waals surface area contributed by atoms with Crippen molar-refractivity contribution in [2.24, 2.45) is 0 Å². The van der Waals surface area contributed by atoms with Crippen LogP contribution in [0.4, 0.5) is 0 Å². The third-order valence-corrected chi connectivity index (χ3v) is 3.76. The highest BCUT2D eigenvalue weighted by Gasteiger charge is 2.20. The van der Waals surface area contributed by atoms with Crippen LogP contribution in [0.25, 0.3) is 0 Å². The van der Waals surface area contributed by atoms with Crippen molar-refractivity contribution >= 4 is 0 Å². The van der Waals surface area contributed by atoms with E-state index < -0.39 is 0 Å². The maximum atomic E-state index is 5.82. The molecule has 0 bridgehead atoms. The highest BCUT2D eigenvalue weighted by Crippen LogP contribution is 2.20. The smallest absolute Gasteiger partial charge is 0.0720 e. The summed E-state index contributed by atoms with van der Waals surface area (Å²) in [6.07, 6.45) is 5.34. The van der Waals surface area contributed by atoms with Gasteiger partial charge in [0.05, 0.1) is 13.2 Å². The molecule has 1 fully saturated rings. The number of ether oxygens (including phenoxy) is 1. The van der Waals surface area contributed by atoms with E-state index in [1.807, 2.05) is 24.4 Å². The first-order valence-corrected chi connectivity index (χ1v) is 7.69. The Morgan fingerprint density at radius 3 is 2.62 bits per heavy atom. The number of benzene rings is 1. The Morgan fingerprint density at radius 1 is 1.05 bits per heavy atom. The van der Waals surface area contributed by atoms with Gasteiger partial charge in [-0.25, -0.2) is 0 Å². The van der Waals surface area contributed by atoms with Crippen molar-refractivity contribution < 1.29 is 4.74 Å². The van der Waals surface area contributed by atoms with Crippen LogP contribution in [0.2, 0.25) is 0 Å². The minimum absolute atomic E-state index is 0.676. The third kappa shape index (κ3) is 4.66. The highest BCUT2D eigenvalue weighted by molar-refractivity contribution is 5.26. The fraction of sp³-hybridized carbons (Fsp3) is 0.389. The molecule has 1 aliphatic rings. The first-order valence-electron chi connectivity index (χ1n) is 7.69. The average molecular weight is 282 g/mol. The van der Waals surface area contributed by atoms with Crippen molar-refractivity contribution in [1.29, 1.82) is 0 Å². The van der Waals surface area contributed by atoms with Gasteiger partial charge in [0, 0.05) is 30.9 Å². The lowest BCUT2D eigenvalue weighted by atomic mass is 10.1. The van der Waals surface area contributed by atoms with Gasteiger partial charge in [0.25, 0.3) is 0 Å². The monoisotopic (exact) mass is 282 g/mol. The molecule has 0 unspecified atom stereocenters. The summed E-state index contributed by atoms with van der Waals surface area (Å²) in [5, 5.41) is 3.56. The topological polar surface area (TPSA) is 34.1 Å². The summed E-state index contributed by atoms with van der Waals surface area (Å²) in [5.41, 5.74) is 3.72. The van der Waals surface area contributed by atoms with Crippen molar-refractivity contribution in [3.63, 3.8) is 0 Å². The first kappa shape index (κ1) is 14.2. The number of nitrogens with zero attached hydrogens (tertiary/aromatic N) is 1. The van der Waals surface area contributed by atoms with Crippen LogP contribution in [0.15, 0.2) is 48.7 Å². The van der Waals surface area contributed by atoms with E-state index in [1.165, 1.54) is 24.0 Å². The van der Waals surface area contributed by atoms with Crippen LogP contribution in [0.1, 0.15) is 29.7 Å². The van der Waals surface area contributed by atoms with Gasteiger partial charge < -0.3 is 10.1 Å². The summed E-state index contributed by atoms with van der Waals surface area (Å²) in [6, 6.07) is 15.3. The summed E-state index contributed by atoms with van der Waals surface area (Å²) in [5.74, 6) is 0. The van der Waals surface area contributed by atoms with E-state index in [1.54, 1.807) is 0 Å². The van der Waals surface area contributed by atoms with Crippen LogP contribution in [-0.4, -0.2) is 17.6 Å². The molecule has 1 aromatic carbocycles. The summed E-state index contributed by atoms with van der Waals surface area (Å²) in [7, 11) is 0. The van der Waals surface area contributed by atoms with E-state index >= 15 is 0 Å². The highest BCUT2D eigenvalue weighted by atomic mass is 16.5. The van der Waals surface area contributed by atoms with Crippen molar-refractivity contribution in [2.45, 2.75) is 38.5 Å². The van der Waals surface area contributed by atoms with Crippen LogP contribution in [0.5, 0.6) is 0 Å². The molecule has 3 heteroatoms. The fourth-order valence-corrected chi connectivity index (χ4v) is 2.32. The Bertz CT molecular complexity index is 552. The second-order valence-corrected chi connectivity index (χ2v) is 5.55. The summed E-state index contributed by atoms with van der Waals surface area (Å²) < 4.78 is 5.82. The third-order valence-electron chi connectivity index (χ3n) is 3.76. The lowest BCUT2D eigenvalue weighted by molar-refractivity contribution is 0.122. The number of hydrogen-bond donors (Lipinski definition) is 1. The van der Waals surface area contributed by atoms with Gasteiger partial charge >= 0.3 is 0 Å². The van der Waals surface area contributed by atoms with E-state index in [0.717, 1.165) is 24.7 Å². The maximum Gasteiger partial charge on any atom is 0.0720 e. The Balaban J connectivity index is 1.45. The Labute approximate surface area is 126 Å². The molecule has 1 heterocycles. The summed E-state index contributed by atoms with van der Waals surface area (Å²) in [6.45, 7) is 2.33. The zero-order valence-electron chi connectivity index (χ0n) is 12.3. The Hall–Kier alpha value is -1.71. The maximum absolute atomic E-state index is 5.82. The van der Waals surface area contributed by atoms with Gasteiger partial charge in [0.2, 0.25) is 0 Å². The molecule has 3 nitrogen and oxygen atoms in total. The summed E-state index contributed by atoms with van der Waals surface area (Å²) in [4.78, 5) is 4.31. The molecule has 21 heavy (non-hydrogen) atoms. The number of rotatable bonds is 8. The predicted octanol–water partition coefficient (Wildman–Crippen LogP) is 3.09. The quantitative estimate of drug-likeness (QED) is 0.756. The van der Waals surface area contributed by atoms with Gasteiger partial charge in [0.15, 0.2) is 0 Å². The van der Waals surface area contributed by atoms with Crippen molar-refractivity contribution in [3.8, 4) is 0 Å². The molecule has 1 aromatic heterocycles. The van der Waals surface area contributed by atoms with Gasteiger partial charge in [-0.15, -0.1) is 0 Å². The Morgan fingerprint density at radius 2 is 1.86 bits per heavy atom. The second-order valence-electron chi connectivity index (χ2n) is 5.55. The van der Waals surface area contributed by atoms with Crippen LogP contribution in [-0.2, 0) is 24.3 Å². The number of pyridine rings is 1. The standard InChI is InChI=1S/C18H22N2O/c1-2-6-16(15(5-1)13-20-18-8-9-18)14-21-12-10-17-7-3-4-11-19-17/h1-7,11,18,20H,8-10,12-14H2. The molecule has 110 valence electrons. The molecule has 3 rings (SSSR count). The lowest BCUT2D eigenvalue weighted by Crippen LogP contribution is -2.16. The Kier molecular flexibility index (Phi) is 4.98. The van der Waals surface area contributed by atoms with Gasteiger partial charge in [0.1, 0.15) is 0 Å². The normalized spacial score (nSPS) is 14.3. The van der Waals surface area contributed by atoms with Crippen LogP contribution < -0.4 is 5.32 Å². The molecule has 0 atom stereocenters. The molecule has 1 aliphatic carbocycles. The molecule has 1 N–H and O–H groups in total. The first-order chi connectivity index (χ1) is 10.4. The summed E-state index contributed by atoms with van der Waals surface area (Å²) >= 11 is 0. The van der Waals surface area contributed by atoms with Gasteiger partial charge in [-0.2, -0.15) is 0 Å². The van der Waals surface area contributed by atoms with E-state index in [-0.39, 0.29) is 0 Å². The van der Waals surface area contributed by atoms with E-state index in [9.17, 15) is 0 Å². The largest absolute Gasteiger partial charge is 0.376 e. The van der Waals surface area contributed by atoms with E-state index in [2.05, 4.69) is 34.6 Å². The molecule has 2 aromatic rings. The van der Waals surface area contributed by atoms with Crippen molar-refractivity contribution in [3.05, 3.63) is 65.5 Å². The fourth-order valence-electron chi connectivity index (χ4n) is 2.32. The molecule has 0 radical (unpaired) electrons. The predicted molar refractivity (Wildman–Crippen MR) is 83.9 cm³/mol. The van der Waals surface area contributed by atoms with E-state index in [4.69, 9.17) is 4.74 Å². The van der Waals surface area contributed by atoms with Gasteiger partial charge in [-0.1, -0.05) is 30.3 Å². The van der Waals surface area contributed by atoms with Crippen LogP contribution >= 0.6 is 0 Å². The molecular weight excluding hydrogens is 260 g/mol. The van der Waals surface area contributed by atoms with Gasteiger partial charge in [-0.05, 0) is 36.1 Å². The minimum Gasteiger partial charge on any atom is -0.376 e. The molecular formula is C18H22N2O. The molecule has 1 saturated carbocycles. The number of aromatic nitrogens is 1. The van der Waals surface area contributed by atoms with Gasteiger partial charge in [-0.3, -0.25) is 4.98 Å². The van der Waals surface area contributed by atoms with Crippen molar-refractivity contribution in [1.82, 2.24) is 10.3 Å². The van der Waals surface area contributed by atoms with E-state index in [0.29, 0.717) is 13.2 Å². The molecule has 0 amide bonds. The molecule has 0 spiro atoms. The molecule has 0 aliphatic heterocycles. The number of nitrogens with one attached hydrogen (secondary N) is 1. The second kappa shape index (κ2) is 7.34. The lowest BCUT2D eigenvalue weighted by Gasteiger charge is -2.11. The van der Waals surface area contributed by atoms with Crippen molar-refractivity contribution in [2.75, 3.05) is 6.61 Å². The number of hydrogen-bond acceptors (Lipinski definition) is 3. The van der Waals surface area contributed by atoms with Crippen LogP contribution in [0.3, 0.4) is 0 Å². The zero-order chi connectivity index (χ0) is 14.3. The zero-order valence-corrected chi connectivity index (χ0v) is 12.3. The van der Waals surface area contributed by atoms with Crippen LogP contribution in [0, 0.1) is 0 Å². The average Bonchev–Trinajstić information content (AvgIpc) is 3.36.